The lowest BCUT2D eigenvalue weighted by Gasteiger charge is -2.28. The second-order valence-corrected chi connectivity index (χ2v) is 9.67. The molecule has 0 saturated heterocycles. The quantitative estimate of drug-likeness (QED) is 0.721. The minimum absolute atomic E-state index is 0.0173. The molecule has 0 radical (unpaired) electrons. The van der Waals surface area contributed by atoms with Gasteiger partial charge in [-0.05, 0) is 63.6 Å². The molecule has 0 bridgehead atoms. The molecule has 7 nitrogen and oxygen atoms in total. The summed E-state index contributed by atoms with van der Waals surface area (Å²) in [6.45, 7) is 3.74. The van der Waals surface area contributed by atoms with Gasteiger partial charge in [0.05, 0.1) is 10.8 Å². The van der Waals surface area contributed by atoms with Crippen molar-refractivity contribution in [3.05, 3.63) is 29.8 Å². The number of hydrogen-bond donors (Lipinski definition) is 2. The molecule has 3 rings (SSSR count). The fourth-order valence-corrected chi connectivity index (χ4v) is 3.95. The van der Waals surface area contributed by atoms with Gasteiger partial charge in [0.15, 0.2) is 0 Å². The van der Waals surface area contributed by atoms with Gasteiger partial charge in [-0.3, -0.25) is 0 Å². The van der Waals surface area contributed by atoms with Crippen molar-refractivity contribution in [3.63, 3.8) is 0 Å². The number of hydrogen-bond acceptors (Lipinski definition) is 6. The highest BCUT2D eigenvalue weighted by molar-refractivity contribution is 7.90. The van der Waals surface area contributed by atoms with E-state index in [1.165, 1.54) is 0 Å². The van der Waals surface area contributed by atoms with Gasteiger partial charge in [-0.25, -0.2) is 21.9 Å². The van der Waals surface area contributed by atoms with Gasteiger partial charge in [-0.15, -0.1) is 0 Å². The fraction of sp³-hybridized carbons (Fsp3) is 0.556. The lowest BCUT2D eigenvalue weighted by atomic mass is 9.86. The van der Waals surface area contributed by atoms with Crippen molar-refractivity contribution in [3.8, 4) is 11.4 Å². The van der Waals surface area contributed by atoms with E-state index in [1.807, 2.05) is 0 Å². The van der Waals surface area contributed by atoms with Crippen LogP contribution in [0.1, 0.15) is 39.5 Å². The molecule has 0 atom stereocenters. The largest absolute Gasteiger partial charge is 0.335 e. The van der Waals surface area contributed by atoms with Crippen LogP contribution in [0, 0.1) is 17.6 Å². The van der Waals surface area contributed by atoms with E-state index in [-0.39, 0.29) is 29.4 Å². The van der Waals surface area contributed by atoms with E-state index >= 15 is 0 Å². The summed E-state index contributed by atoms with van der Waals surface area (Å²) < 4.78 is 58.6. The normalized spacial score (nSPS) is 20.5. The number of nitrogens with zero attached hydrogens (tertiary/aromatic N) is 2. The molecule has 1 fully saturated rings. The molecule has 1 aliphatic carbocycles. The van der Waals surface area contributed by atoms with E-state index in [4.69, 9.17) is 4.52 Å². The van der Waals surface area contributed by atoms with Crippen LogP contribution in [-0.4, -0.2) is 36.4 Å². The Bertz CT molecular complexity index is 909. The number of anilines is 1. The Morgan fingerprint density at radius 3 is 2.61 bits per heavy atom. The van der Waals surface area contributed by atoms with Gasteiger partial charge >= 0.3 is 6.01 Å². The van der Waals surface area contributed by atoms with E-state index in [2.05, 4.69) is 20.2 Å². The smallest absolute Gasteiger partial charge is 0.322 e. The predicted octanol–water partition coefficient (Wildman–Crippen LogP) is 3.31. The van der Waals surface area contributed by atoms with Gasteiger partial charge in [0.1, 0.15) is 11.6 Å². The maximum absolute atomic E-state index is 13.8. The Morgan fingerprint density at radius 1 is 1.21 bits per heavy atom. The number of rotatable bonds is 7. The van der Waals surface area contributed by atoms with E-state index in [1.54, 1.807) is 13.8 Å². The van der Waals surface area contributed by atoms with Crippen LogP contribution in [-0.2, 0) is 10.0 Å². The number of benzene rings is 1. The van der Waals surface area contributed by atoms with Crippen LogP contribution in [0.2, 0.25) is 0 Å². The first-order chi connectivity index (χ1) is 13.2. The summed E-state index contributed by atoms with van der Waals surface area (Å²) in [5.74, 6) is -0.942. The molecule has 154 valence electrons. The summed E-state index contributed by atoms with van der Waals surface area (Å²) in [5, 5.41) is 6.39. The standard InChI is InChI=1S/C18H24F2N4O3S/c1-11(2)28(25,26)21-10-12-3-6-14(7-4-12)22-18-23-17(24-27-18)15-9-13(19)5-8-16(15)20/h5,8-9,11-12,14,21H,3-4,6-7,10H2,1-2H3,(H,22,23,24)/t12-,14-. The predicted molar refractivity (Wildman–Crippen MR) is 101 cm³/mol. The Balaban J connectivity index is 1.52. The second-order valence-electron chi connectivity index (χ2n) is 7.35. The first kappa shape index (κ1) is 20.7. The molecule has 10 heteroatoms. The summed E-state index contributed by atoms with van der Waals surface area (Å²) in [7, 11) is -3.25. The Kier molecular flexibility index (Phi) is 6.29. The van der Waals surface area contributed by atoms with Gasteiger partial charge in [0.2, 0.25) is 15.8 Å². The molecule has 2 aromatic rings. The highest BCUT2D eigenvalue weighted by Crippen LogP contribution is 2.27. The molecule has 0 amide bonds. The first-order valence-corrected chi connectivity index (χ1v) is 10.8. The molecule has 28 heavy (non-hydrogen) atoms. The Labute approximate surface area is 163 Å². The summed E-state index contributed by atoms with van der Waals surface area (Å²) in [5.41, 5.74) is -0.0575. The van der Waals surface area contributed by atoms with Crippen molar-refractivity contribution in [2.75, 3.05) is 11.9 Å². The highest BCUT2D eigenvalue weighted by Gasteiger charge is 2.25. The Hall–Kier alpha value is -2.07. The molecule has 0 unspecified atom stereocenters. The zero-order valence-electron chi connectivity index (χ0n) is 15.8. The lowest BCUT2D eigenvalue weighted by molar-refractivity contribution is 0.330. The van der Waals surface area contributed by atoms with Gasteiger partial charge < -0.3 is 9.84 Å². The van der Waals surface area contributed by atoms with Crippen LogP contribution in [0.15, 0.2) is 22.7 Å². The third-order valence-electron chi connectivity index (χ3n) is 4.96. The van der Waals surface area contributed by atoms with E-state index in [9.17, 15) is 17.2 Å². The average molecular weight is 414 g/mol. The molecule has 0 aliphatic heterocycles. The van der Waals surface area contributed by atoms with Crippen molar-refractivity contribution >= 4 is 16.0 Å². The first-order valence-electron chi connectivity index (χ1n) is 9.28. The monoisotopic (exact) mass is 414 g/mol. The summed E-state index contributed by atoms with van der Waals surface area (Å²) in [4.78, 5) is 4.10. The van der Waals surface area contributed by atoms with Gasteiger partial charge in [-0.1, -0.05) is 5.16 Å². The molecule has 1 heterocycles. The SMILES string of the molecule is CC(C)S(=O)(=O)NC[C@H]1CC[C@H](Nc2nc(-c3cc(F)ccc3F)no2)CC1. The number of halogens is 2. The van der Waals surface area contributed by atoms with Crippen LogP contribution in [0.3, 0.4) is 0 Å². The minimum Gasteiger partial charge on any atom is -0.335 e. The Morgan fingerprint density at radius 2 is 1.93 bits per heavy atom. The fourth-order valence-electron chi connectivity index (χ4n) is 3.15. The van der Waals surface area contributed by atoms with Crippen molar-refractivity contribution in [1.82, 2.24) is 14.9 Å². The molecule has 1 aromatic carbocycles. The average Bonchev–Trinajstić information content (AvgIpc) is 3.11. The van der Waals surface area contributed by atoms with Gasteiger partial charge in [-0.2, -0.15) is 4.98 Å². The topological polar surface area (TPSA) is 97.1 Å². The molecule has 1 aliphatic rings. The van der Waals surface area contributed by atoms with E-state index < -0.39 is 26.9 Å². The van der Waals surface area contributed by atoms with Crippen LogP contribution < -0.4 is 10.0 Å². The van der Waals surface area contributed by atoms with Crippen LogP contribution in [0.4, 0.5) is 14.8 Å². The molecule has 1 aromatic heterocycles. The third kappa shape index (κ3) is 5.05. The molecular formula is C18H24F2N4O3S. The summed E-state index contributed by atoms with van der Waals surface area (Å²) in [6, 6.07) is 3.32. The number of aromatic nitrogens is 2. The molecule has 1 saturated carbocycles. The van der Waals surface area contributed by atoms with E-state index in [0.717, 1.165) is 43.9 Å². The third-order valence-corrected chi connectivity index (χ3v) is 6.77. The molecular weight excluding hydrogens is 390 g/mol. The summed E-state index contributed by atoms with van der Waals surface area (Å²) >= 11 is 0. The maximum atomic E-state index is 13.8. The lowest BCUT2D eigenvalue weighted by Crippen LogP contribution is -2.37. The zero-order chi connectivity index (χ0) is 20.3. The maximum Gasteiger partial charge on any atom is 0.322 e. The molecule has 2 N–H and O–H groups in total. The van der Waals surface area contributed by atoms with Crippen molar-refractivity contribution in [1.29, 1.82) is 0 Å². The van der Waals surface area contributed by atoms with Crippen LogP contribution in [0.25, 0.3) is 11.4 Å². The second kappa shape index (κ2) is 8.52. The van der Waals surface area contributed by atoms with Gasteiger partial charge in [0, 0.05) is 12.6 Å². The number of nitrogens with one attached hydrogen (secondary N) is 2. The molecule has 0 spiro atoms. The number of sulfonamides is 1. The van der Waals surface area contributed by atoms with E-state index in [0.29, 0.717) is 6.54 Å². The summed E-state index contributed by atoms with van der Waals surface area (Å²) in [6.07, 6.45) is 3.36. The minimum atomic E-state index is -3.25. The van der Waals surface area contributed by atoms with Crippen LogP contribution >= 0.6 is 0 Å². The van der Waals surface area contributed by atoms with Crippen LogP contribution in [0.5, 0.6) is 0 Å². The van der Waals surface area contributed by atoms with Gasteiger partial charge in [0.25, 0.3) is 0 Å². The zero-order valence-corrected chi connectivity index (χ0v) is 16.6. The van der Waals surface area contributed by atoms with Crippen molar-refractivity contribution < 1.29 is 21.7 Å². The van der Waals surface area contributed by atoms with Crippen molar-refractivity contribution in [2.24, 2.45) is 5.92 Å². The van der Waals surface area contributed by atoms with Crippen molar-refractivity contribution in [2.45, 2.75) is 50.8 Å². The highest BCUT2D eigenvalue weighted by atomic mass is 32.2.